The summed E-state index contributed by atoms with van der Waals surface area (Å²) in [6.45, 7) is 0. The van der Waals surface area contributed by atoms with Crippen LogP contribution in [0.4, 0.5) is 0 Å². The van der Waals surface area contributed by atoms with Gasteiger partial charge in [0.1, 0.15) is 10.5 Å². The SMILES string of the molecule is O=c1[nH]c(CSCc2ccccc2Br)nc2ccsc12. The monoisotopic (exact) mass is 366 g/mol. The Labute approximate surface area is 132 Å². The highest BCUT2D eigenvalue weighted by Crippen LogP contribution is 2.23. The topological polar surface area (TPSA) is 45.8 Å². The van der Waals surface area contributed by atoms with E-state index in [1.54, 1.807) is 11.8 Å². The Balaban J connectivity index is 1.71. The van der Waals surface area contributed by atoms with Gasteiger partial charge >= 0.3 is 0 Å². The number of hydrogen-bond acceptors (Lipinski definition) is 4. The number of halogens is 1. The molecule has 0 bridgehead atoms. The first-order chi connectivity index (χ1) is 9.74. The Bertz CT molecular complexity index is 797. The van der Waals surface area contributed by atoms with Crippen LogP contribution in [0.2, 0.25) is 0 Å². The van der Waals surface area contributed by atoms with Crippen molar-refractivity contribution in [3.8, 4) is 0 Å². The molecule has 0 fully saturated rings. The van der Waals surface area contributed by atoms with Gasteiger partial charge in [-0.15, -0.1) is 23.1 Å². The highest BCUT2D eigenvalue weighted by atomic mass is 79.9. The van der Waals surface area contributed by atoms with Crippen molar-refractivity contribution in [3.63, 3.8) is 0 Å². The van der Waals surface area contributed by atoms with Crippen LogP contribution in [0.15, 0.2) is 45.0 Å². The number of nitrogens with zero attached hydrogens (tertiary/aromatic N) is 1. The van der Waals surface area contributed by atoms with E-state index < -0.39 is 0 Å². The van der Waals surface area contributed by atoms with Crippen molar-refractivity contribution in [2.75, 3.05) is 0 Å². The third kappa shape index (κ3) is 2.97. The Morgan fingerprint density at radius 3 is 2.95 bits per heavy atom. The van der Waals surface area contributed by atoms with E-state index in [-0.39, 0.29) is 5.56 Å². The minimum Gasteiger partial charge on any atom is -0.309 e. The van der Waals surface area contributed by atoms with Crippen molar-refractivity contribution in [2.24, 2.45) is 0 Å². The molecule has 6 heteroatoms. The minimum atomic E-state index is -0.0403. The predicted octanol–water partition coefficient (Wildman–Crippen LogP) is 4.18. The number of H-pyrrole nitrogens is 1. The lowest BCUT2D eigenvalue weighted by molar-refractivity contribution is 1.04. The lowest BCUT2D eigenvalue weighted by Crippen LogP contribution is -2.09. The van der Waals surface area contributed by atoms with Crippen molar-refractivity contribution < 1.29 is 0 Å². The molecule has 0 aliphatic heterocycles. The van der Waals surface area contributed by atoms with Crippen LogP contribution in [0, 0.1) is 0 Å². The molecule has 1 N–H and O–H groups in total. The normalized spacial score (nSPS) is 11.1. The molecule has 0 saturated carbocycles. The van der Waals surface area contributed by atoms with Gasteiger partial charge < -0.3 is 4.98 Å². The summed E-state index contributed by atoms with van der Waals surface area (Å²) < 4.78 is 1.81. The summed E-state index contributed by atoms with van der Waals surface area (Å²) in [5.41, 5.74) is 1.99. The highest BCUT2D eigenvalue weighted by molar-refractivity contribution is 9.10. The van der Waals surface area contributed by atoms with Crippen LogP contribution >= 0.6 is 39.0 Å². The maximum atomic E-state index is 11.8. The van der Waals surface area contributed by atoms with Crippen LogP contribution in [-0.4, -0.2) is 9.97 Å². The number of rotatable bonds is 4. The van der Waals surface area contributed by atoms with Gasteiger partial charge in [-0.3, -0.25) is 4.79 Å². The molecule has 20 heavy (non-hydrogen) atoms. The maximum absolute atomic E-state index is 11.8. The standard InChI is InChI=1S/C14H11BrN2OS2/c15-10-4-2-1-3-9(10)7-19-8-12-16-11-5-6-20-13(11)14(18)17-12/h1-6H,7-8H2,(H,16,17,18). The quantitative estimate of drug-likeness (QED) is 0.753. The molecule has 0 aliphatic rings. The first kappa shape index (κ1) is 13.9. The zero-order valence-electron chi connectivity index (χ0n) is 10.4. The molecule has 0 atom stereocenters. The molecule has 1 aromatic carbocycles. The number of hydrogen-bond donors (Lipinski definition) is 1. The molecular formula is C14H11BrN2OS2. The first-order valence-electron chi connectivity index (χ1n) is 6.01. The van der Waals surface area contributed by atoms with E-state index in [0.29, 0.717) is 10.5 Å². The van der Waals surface area contributed by atoms with E-state index in [4.69, 9.17) is 0 Å². The number of benzene rings is 1. The van der Waals surface area contributed by atoms with Gasteiger partial charge in [0.15, 0.2) is 0 Å². The lowest BCUT2D eigenvalue weighted by atomic mass is 10.2. The van der Waals surface area contributed by atoms with Crippen LogP contribution in [0.3, 0.4) is 0 Å². The van der Waals surface area contributed by atoms with E-state index >= 15 is 0 Å². The molecule has 2 aromatic heterocycles. The largest absolute Gasteiger partial charge is 0.309 e. The summed E-state index contributed by atoms with van der Waals surface area (Å²) in [7, 11) is 0. The van der Waals surface area contributed by atoms with Gasteiger partial charge in [0.05, 0.1) is 11.3 Å². The summed E-state index contributed by atoms with van der Waals surface area (Å²) in [5, 5.41) is 1.89. The number of thiophene rings is 1. The van der Waals surface area contributed by atoms with Crippen molar-refractivity contribution in [1.29, 1.82) is 0 Å². The lowest BCUT2D eigenvalue weighted by Gasteiger charge is -2.04. The number of aromatic amines is 1. The Hall–Kier alpha value is -1.11. The van der Waals surface area contributed by atoms with Crippen LogP contribution in [0.25, 0.3) is 10.2 Å². The van der Waals surface area contributed by atoms with Gasteiger partial charge in [-0.2, -0.15) is 0 Å². The second-order valence-corrected chi connectivity index (χ2v) is 6.99. The Morgan fingerprint density at radius 2 is 2.10 bits per heavy atom. The Morgan fingerprint density at radius 1 is 1.25 bits per heavy atom. The summed E-state index contributed by atoms with van der Waals surface area (Å²) in [6, 6.07) is 10.0. The number of fused-ring (bicyclic) bond motifs is 1. The second-order valence-electron chi connectivity index (χ2n) is 4.23. The molecule has 102 valence electrons. The number of nitrogens with one attached hydrogen (secondary N) is 1. The van der Waals surface area contributed by atoms with Crippen LogP contribution < -0.4 is 5.56 Å². The Kier molecular flexibility index (Phi) is 4.24. The number of aromatic nitrogens is 2. The van der Waals surface area contributed by atoms with E-state index in [0.717, 1.165) is 21.6 Å². The molecule has 3 nitrogen and oxygen atoms in total. The molecule has 0 aliphatic carbocycles. The average molecular weight is 367 g/mol. The first-order valence-corrected chi connectivity index (χ1v) is 8.84. The zero-order valence-corrected chi connectivity index (χ0v) is 13.6. The average Bonchev–Trinajstić information content (AvgIpc) is 2.90. The van der Waals surface area contributed by atoms with Crippen LogP contribution in [0.1, 0.15) is 11.4 Å². The number of thioether (sulfide) groups is 1. The molecule has 3 aromatic rings. The second kappa shape index (κ2) is 6.11. The van der Waals surface area contributed by atoms with Crippen LogP contribution in [0.5, 0.6) is 0 Å². The van der Waals surface area contributed by atoms with Gasteiger partial charge in [-0.1, -0.05) is 34.1 Å². The van der Waals surface area contributed by atoms with Crippen molar-refractivity contribution >= 4 is 49.2 Å². The van der Waals surface area contributed by atoms with Crippen molar-refractivity contribution in [3.05, 3.63) is 61.9 Å². The summed E-state index contributed by atoms with van der Waals surface area (Å²) in [6.07, 6.45) is 0. The van der Waals surface area contributed by atoms with Gasteiger partial charge in [-0.05, 0) is 23.1 Å². The van der Waals surface area contributed by atoms with Gasteiger partial charge in [0, 0.05) is 10.2 Å². The highest BCUT2D eigenvalue weighted by Gasteiger charge is 2.05. The summed E-state index contributed by atoms with van der Waals surface area (Å²) >= 11 is 6.70. The van der Waals surface area contributed by atoms with Gasteiger partial charge in [-0.25, -0.2) is 4.98 Å². The maximum Gasteiger partial charge on any atom is 0.268 e. The van der Waals surface area contributed by atoms with E-state index in [9.17, 15) is 4.79 Å². The molecule has 0 radical (unpaired) electrons. The van der Waals surface area contributed by atoms with Crippen molar-refractivity contribution in [1.82, 2.24) is 9.97 Å². The van der Waals surface area contributed by atoms with Gasteiger partial charge in [0.2, 0.25) is 0 Å². The van der Waals surface area contributed by atoms with E-state index in [1.807, 2.05) is 29.6 Å². The fraction of sp³-hybridized carbons (Fsp3) is 0.143. The van der Waals surface area contributed by atoms with Gasteiger partial charge in [0.25, 0.3) is 5.56 Å². The fourth-order valence-electron chi connectivity index (χ4n) is 1.86. The molecule has 3 rings (SSSR count). The molecule has 2 heterocycles. The molecule has 0 saturated heterocycles. The smallest absolute Gasteiger partial charge is 0.268 e. The third-order valence-corrected chi connectivity index (χ3v) is 5.49. The van der Waals surface area contributed by atoms with E-state index in [1.165, 1.54) is 16.9 Å². The summed E-state index contributed by atoms with van der Waals surface area (Å²) in [4.78, 5) is 19.2. The minimum absolute atomic E-state index is 0.0403. The van der Waals surface area contributed by atoms with Crippen LogP contribution in [-0.2, 0) is 11.5 Å². The predicted molar refractivity (Wildman–Crippen MR) is 89.4 cm³/mol. The third-order valence-electron chi connectivity index (χ3n) is 2.82. The molecule has 0 unspecified atom stereocenters. The molecular weight excluding hydrogens is 356 g/mol. The zero-order chi connectivity index (χ0) is 13.9. The summed E-state index contributed by atoms with van der Waals surface area (Å²) in [5.74, 6) is 2.31. The molecule has 0 amide bonds. The molecule has 0 spiro atoms. The fourth-order valence-corrected chi connectivity index (χ4v) is 4.10. The van der Waals surface area contributed by atoms with Crippen molar-refractivity contribution in [2.45, 2.75) is 11.5 Å². The van der Waals surface area contributed by atoms with E-state index in [2.05, 4.69) is 32.0 Å².